The fourth-order valence-corrected chi connectivity index (χ4v) is 3.37. The standard InChI is InChI=1S/C16H22N2O2S2/c1-16(2,3)14(19)17-15-18(8-9-21-5)12-7-6-11(20-4)10-13(12)22-15/h6-7,10H,8-9H2,1-5H3. The Balaban J connectivity index is 2.60. The predicted octanol–water partition coefficient (Wildman–Crippen LogP) is 3.55. The average Bonchev–Trinajstić information content (AvgIpc) is 2.80. The molecular formula is C16H22N2O2S2. The highest BCUT2D eigenvalue weighted by atomic mass is 32.2. The first kappa shape index (κ1) is 17.1. The summed E-state index contributed by atoms with van der Waals surface area (Å²) < 4.78 is 8.49. The van der Waals surface area contributed by atoms with Crippen molar-refractivity contribution < 1.29 is 9.53 Å². The third kappa shape index (κ3) is 3.73. The van der Waals surface area contributed by atoms with E-state index in [9.17, 15) is 4.79 Å². The van der Waals surface area contributed by atoms with Crippen LogP contribution in [0.2, 0.25) is 0 Å². The Morgan fingerprint density at radius 1 is 1.41 bits per heavy atom. The van der Waals surface area contributed by atoms with E-state index < -0.39 is 5.41 Å². The van der Waals surface area contributed by atoms with Gasteiger partial charge in [-0.15, -0.1) is 0 Å². The van der Waals surface area contributed by atoms with Gasteiger partial charge >= 0.3 is 0 Å². The fourth-order valence-electron chi connectivity index (χ4n) is 1.92. The molecule has 1 aromatic carbocycles. The van der Waals surface area contributed by atoms with Crippen LogP contribution in [0, 0.1) is 5.41 Å². The predicted molar refractivity (Wildman–Crippen MR) is 94.8 cm³/mol. The van der Waals surface area contributed by atoms with Crippen LogP contribution in [0.25, 0.3) is 10.2 Å². The van der Waals surface area contributed by atoms with E-state index in [1.807, 2.05) is 39.0 Å². The first-order valence-electron chi connectivity index (χ1n) is 7.12. The molecule has 0 unspecified atom stereocenters. The highest BCUT2D eigenvalue weighted by Crippen LogP contribution is 2.24. The van der Waals surface area contributed by atoms with Gasteiger partial charge < -0.3 is 9.30 Å². The summed E-state index contributed by atoms with van der Waals surface area (Å²) in [5.41, 5.74) is 0.630. The zero-order valence-corrected chi connectivity index (χ0v) is 15.3. The maximum Gasteiger partial charge on any atom is 0.253 e. The molecule has 4 nitrogen and oxygen atoms in total. The second-order valence-corrected chi connectivity index (χ2v) is 8.02. The van der Waals surface area contributed by atoms with Gasteiger partial charge in [-0.1, -0.05) is 32.1 Å². The summed E-state index contributed by atoms with van der Waals surface area (Å²) in [5.74, 6) is 1.71. The smallest absolute Gasteiger partial charge is 0.253 e. The van der Waals surface area contributed by atoms with Crippen LogP contribution in [-0.2, 0) is 11.3 Å². The molecule has 0 N–H and O–H groups in total. The maximum atomic E-state index is 12.3. The number of rotatable bonds is 4. The number of fused-ring (bicyclic) bond motifs is 1. The average molecular weight is 338 g/mol. The number of aromatic nitrogens is 1. The van der Waals surface area contributed by atoms with E-state index in [2.05, 4.69) is 15.8 Å². The van der Waals surface area contributed by atoms with E-state index in [-0.39, 0.29) is 5.91 Å². The van der Waals surface area contributed by atoms with Crippen molar-refractivity contribution in [2.24, 2.45) is 10.4 Å². The van der Waals surface area contributed by atoms with E-state index in [0.717, 1.165) is 33.1 Å². The van der Waals surface area contributed by atoms with Crippen LogP contribution in [0.5, 0.6) is 5.75 Å². The molecule has 0 radical (unpaired) electrons. The first-order chi connectivity index (χ1) is 10.4. The molecule has 0 aliphatic carbocycles. The van der Waals surface area contributed by atoms with Gasteiger partial charge in [0.15, 0.2) is 4.80 Å². The largest absolute Gasteiger partial charge is 0.497 e. The normalized spacial score (nSPS) is 12.9. The molecule has 0 atom stereocenters. The monoisotopic (exact) mass is 338 g/mol. The lowest BCUT2D eigenvalue weighted by atomic mass is 9.96. The van der Waals surface area contributed by atoms with Crippen LogP contribution in [0.3, 0.4) is 0 Å². The van der Waals surface area contributed by atoms with Gasteiger partial charge in [0, 0.05) is 17.7 Å². The molecule has 120 valence electrons. The lowest BCUT2D eigenvalue weighted by molar-refractivity contribution is -0.125. The van der Waals surface area contributed by atoms with Crippen LogP contribution in [0.4, 0.5) is 0 Å². The highest BCUT2D eigenvalue weighted by Gasteiger charge is 2.21. The number of amides is 1. The Labute approximate surface area is 139 Å². The number of benzene rings is 1. The maximum absolute atomic E-state index is 12.3. The number of aryl methyl sites for hydroxylation is 1. The van der Waals surface area contributed by atoms with Crippen molar-refractivity contribution in [1.29, 1.82) is 0 Å². The van der Waals surface area contributed by atoms with E-state index in [4.69, 9.17) is 4.74 Å². The van der Waals surface area contributed by atoms with Gasteiger partial charge in [0.25, 0.3) is 5.91 Å². The highest BCUT2D eigenvalue weighted by molar-refractivity contribution is 7.98. The van der Waals surface area contributed by atoms with E-state index in [0.29, 0.717) is 0 Å². The zero-order chi connectivity index (χ0) is 16.3. The Hall–Kier alpha value is -1.27. The minimum absolute atomic E-state index is 0.0936. The number of hydrogen-bond donors (Lipinski definition) is 0. The van der Waals surface area contributed by atoms with Crippen molar-refractivity contribution in [2.45, 2.75) is 27.3 Å². The molecule has 0 saturated heterocycles. The summed E-state index contributed by atoms with van der Waals surface area (Å²) in [4.78, 5) is 17.4. The molecule has 1 amide bonds. The zero-order valence-electron chi connectivity index (χ0n) is 13.7. The number of carbonyl (C=O) groups excluding carboxylic acids is 1. The molecule has 1 aromatic heterocycles. The van der Waals surface area contributed by atoms with Crippen LogP contribution in [-0.4, -0.2) is 29.6 Å². The number of thioether (sulfide) groups is 1. The second-order valence-electron chi connectivity index (χ2n) is 6.03. The summed E-state index contributed by atoms with van der Waals surface area (Å²) in [7, 11) is 1.66. The topological polar surface area (TPSA) is 43.6 Å². The molecule has 0 bridgehead atoms. The van der Waals surface area contributed by atoms with Crippen molar-refractivity contribution in [3.63, 3.8) is 0 Å². The molecule has 22 heavy (non-hydrogen) atoms. The number of nitrogens with zero attached hydrogens (tertiary/aromatic N) is 2. The number of hydrogen-bond acceptors (Lipinski definition) is 4. The van der Waals surface area contributed by atoms with E-state index in [1.165, 1.54) is 11.3 Å². The quantitative estimate of drug-likeness (QED) is 0.856. The number of ether oxygens (including phenoxy) is 1. The van der Waals surface area contributed by atoms with Crippen molar-refractivity contribution in [3.05, 3.63) is 23.0 Å². The lowest BCUT2D eigenvalue weighted by Gasteiger charge is -2.12. The molecule has 1 heterocycles. The molecule has 0 saturated carbocycles. The van der Waals surface area contributed by atoms with Crippen LogP contribution in [0.15, 0.2) is 23.2 Å². The molecule has 0 aliphatic rings. The van der Waals surface area contributed by atoms with E-state index in [1.54, 1.807) is 18.9 Å². The van der Waals surface area contributed by atoms with Crippen molar-refractivity contribution in [2.75, 3.05) is 19.1 Å². The Kier molecular flexibility index (Phi) is 5.34. The third-order valence-electron chi connectivity index (χ3n) is 3.25. The molecular weight excluding hydrogens is 316 g/mol. The summed E-state index contributed by atoms with van der Waals surface area (Å²) in [6, 6.07) is 5.97. The van der Waals surface area contributed by atoms with Crippen LogP contribution >= 0.6 is 23.1 Å². The summed E-state index contributed by atoms with van der Waals surface area (Å²) >= 11 is 3.32. The lowest BCUT2D eigenvalue weighted by Crippen LogP contribution is -2.24. The Morgan fingerprint density at radius 2 is 2.14 bits per heavy atom. The molecule has 6 heteroatoms. The van der Waals surface area contributed by atoms with Gasteiger partial charge in [-0.3, -0.25) is 4.79 Å². The SMILES string of the molecule is COc1ccc2c(c1)sc(=NC(=O)C(C)(C)C)n2CCSC. The van der Waals surface area contributed by atoms with Gasteiger partial charge in [0.2, 0.25) is 0 Å². The van der Waals surface area contributed by atoms with Crippen molar-refractivity contribution in [3.8, 4) is 5.75 Å². The van der Waals surface area contributed by atoms with Crippen molar-refractivity contribution in [1.82, 2.24) is 4.57 Å². The number of thiazole rings is 1. The van der Waals surface area contributed by atoms with Gasteiger partial charge in [-0.2, -0.15) is 16.8 Å². The Bertz CT molecular complexity index is 739. The van der Waals surface area contributed by atoms with Crippen molar-refractivity contribution >= 4 is 39.2 Å². The minimum atomic E-state index is -0.467. The van der Waals surface area contributed by atoms with Crippen LogP contribution < -0.4 is 9.54 Å². The molecule has 0 aliphatic heterocycles. The summed E-state index contributed by atoms with van der Waals surface area (Å²) in [5, 5.41) is 0. The molecule has 2 aromatic rings. The summed E-state index contributed by atoms with van der Waals surface area (Å²) in [6.45, 7) is 6.51. The van der Waals surface area contributed by atoms with E-state index >= 15 is 0 Å². The van der Waals surface area contributed by atoms with Gasteiger partial charge in [0.05, 0.1) is 17.3 Å². The first-order valence-corrected chi connectivity index (χ1v) is 9.33. The number of methoxy groups -OCH3 is 1. The summed E-state index contributed by atoms with van der Waals surface area (Å²) in [6.07, 6.45) is 2.08. The van der Waals surface area contributed by atoms with Gasteiger partial charge in [0.1, 0.15) is 5.75 Å². The second kappa shape index (κ2) is 6.87. The number of carbonyl (C=O) groups is 1. The van der Waals surface area contributed by atoms with Gasteiger partial charge in [-0.25, -0.2) is 0 Å². The minimum Gasteiger partial charge on any atom is -0.497 e. The Morgan fingerprint density at radius 3 is 2.73 bits per heavy atom. The molecule has 2 rings (SSSR count). The van der Waals surface area contributed by atoms with Gasteiger partial charge in [-0.05, 0) is 24.5 Å². The molecule has 0 fully saturated rings. The van der Waals surface area contributed by atoms with Crippen LogP contribution in [0.1, 0.15) is 20.8 Å². The molecule has 0 spiro atoms. The fraction of sp³-hybridized carbons (Fsp3) is 0.500. The third-order valence-corrected chi connectivity index (χ3v) is 4.88.